The summed E-state index contributed by atoms with van der Waals surface area (Å²) in [6.07, 6.45) is 2.53. The third-order valence-electron chi connectivity index (χ3n) is 2.47. The molecule has 1 atom stereocenters. The van der Waals surface area contributed by atoms with E-state index in [0.717, 1.165) is 4.83 Å². The van der Waals surface area contributed by atoms with Gasteiger partial charge < -0.3 is 4.90 Å². The summed E-state index contributed by atoms with van der Waals surface area (Å²) < 4.78 is 0. The molecule has 1 aromatic heterocycles. The molecule has 1 nitrogen and oxygen atoms in total. The van der Waals surface area contributed by atoms with Crippen molar-refractivity contribution < 1.29 is 0 Å². The number of hydrogen-bond acceptors (Lipinski definition) is 2. The van der Waals surface area contributed by atoms with E-state index in [2.05, 4.69) is 38.3 Å². The predicted octanol–water partition coefficient (Wildman–Crippen LogP) is 2.76. The molecular formula is C10H14BrNS. The summed E-state index contributed by atoms with van der Waals surface area (Å²) in [7, 11) is 0. The molecule has 1 unspecified atom stereocenters. The highest BCUT2D eigenvalue weighted by molar-refractivity contribution is 9.09. The fourth-order valence-electron chi connectivity index (χ4n) is 1.71. The molecule has 72 valence electrons. The second-order valence-electron chi connectivity index (χ2n) is 3.52. The van der Waals surface area contributed by atoms with Crippen LogP contribution < -0.4 is 0 Å². The summed E-state index contributed by atoms with van der Waals surface area (Å²) in [6, 6.07) is 4.36. The minimum Gasteiger partial charge on any atom is -0.302 e. The van der Waals surface area contributed by atoms with E-state index in [1.165, 1.54) is 37.4 Å². The number of alkyl halides is 1. The van der Waals surface area contributed by atoms with Gasteiger partial charge in [-0.15, -0.1) is 11.3 Å². The predicted molar refractivity (Wildman–Crippen MR) is 61.8 cm³/mol. The van der Waals surface area contributed by atoms with Gasteiger partial charge in [-0.25, -0.2) is 0 Å². The lowest BCUT2D eigenvalue weighted by molar-refractivity contribution is 0.345. The Bertz CT molecular complexity index is 247. The van der Waals surface area contributed by atoms with Gasteiger partial charge in [-0.3, -0.25) is 0 Å². The highest BCUT2D eigenvalue weighted by Gasteiger charge is 2.18. The Hall–Kier alpha value is 0.140. The van der Waals surface area contributed by atoms with Crippen LogP contribution in [0.2, 0.25) is 0 Å². The van der Waals surface area contributed by atoms with E-state index in [-0.39, 0.29) is 0 Å². The topological polar surface area (TPSA) is 3.24 Å². The Kier molecular flexibility index (Phi) is 3.41. The number of likely N-dealkylation sites (tertiary alicyclic amines) is 1. The first-order valence-electron chi connectivity index (χ1n) is 4.73. The number of thiophene rings is 1. The van der Waals surface area contributed by atoms with Crippen molar-refractivity contribution in [3.05, 3.63) is 22.4 Å². The molecule has 0 aromatic carbocycles. The molecule has 0 radical (unpaired) electrons. The maximum Gasteiger partial charge on any atom is 0.0285 e. The van der Waals surface area contributed by atoms with Gasteiger partial charge in [0, 0.05) is 22.8 Å². The van der Waals surface area contributed by atoms with Gasteiger partial charge in [-0.1, -0.05) is 22.0 Å². The first kappa shape index (κ1) is 9.69. The van der Waals surface area contributed by atoms with E-state index in [1.54, 1.807) is 0 Å². The lowest BCUT2D eigenvalue weighted by Crippen LogP contribution is -2.23. The number of rotatable bonds is 3. The molecule has 1 fully saturated rings. The zero-order valence-electron chi connectivity index (χ0n) is 7.58. The molecule has 0 bridgehead atoms. The van der Waals surface area contributed by atoms with Crippen LogP contribution in [-0.4, -0.2) is 29.4 Å². The molecule has 0 amide bonds. The van der Waals surface area contributed by atoms with Crippen molar-refractivity contribution in [2.24, 2.45) is 0 Å². The first-order chi connectivity index (χ1) is 6.34. The molecule has 0 saturated carbocycles. The summed E-state index contributed by atoms with van der Waals surface area (Å²) in [6.45, 7) is 3.72. The van der Waals surface area contributed by atoms with Crippen LogP contribution in [0.4, 0.5) is 0 Å². The van der Waals surface area contributed by atoms with Crippen LogP contribution in [0, 0.1) is 0 Å². The molecule has 3 heteroatoms. The van der Waals surface area contributed by atoms with Crippen molar-refractivity contribution in [3.63, 3.8) is 0 Å². The van der Waals surface area contributed by atoms with Crippen molar-refractivity contribution in [2.45, 2.75) is 17.7 Å². The van der Waals surface area contributed by atoms with Crippen LogP contribution in [0.25, 0.3) is 0 Å². The average molecular weight is 260 g/mol. The maximum absolute atomic E-state index is 3.66. The molecule has 1 saturated heterocycles. The molecule has 2 heterocycles. The van der Waals surface area contributed by atoms with Crippen LogP contribution >= 0.6 is 27.3 Å². The standard InChI is InChI=1S/C10H14BrNS/c11-9-3-5-12(8-9)6-4-10-2-1-7-13-10/h1-2,7,9H,3-6,8H2. The summed E-state index contributed by atoms with van der Waals surface area (Å²) in [4.78, 5) is 4.79. The highest BCUT2D eigenvalue weighted by Crippen LogP contribution is 2.17. The number of halogens is 1. The van der Waals surface area contributed by atoms with Gasteiger partial charge in [0.25, 0.3) is 0 Å². The van der Waals surface area contributed by atoms with E-state index in [0.29, 0.717) is 0 Å². The SMILES string of the molecule is BrC1CCN(CCc2cccs2)C1. The van der Waals surface area contributed by atoms with Gasteiger partial charge in [0.1, 0.15) is 0 Å². The molecule has 1 aromatic rings. The second-order valence-corrected chi connectivity index (χ2v) is 5.84. The van der Waals surface area contributed by atoms with Crippen LogP contribution in [-0.2, 0) is 6.42 Å². The largest absolute Gasteiger partial charge is 0.302 e. The lowest BCUT2D eigenvalue weighted by atomic mass is 10.3. The lowest BCUT2D eigenvalue weighted by Gasteiger charge is -2.13. The van der Waals surface area contributed by atoms with Crippen LogP contribution in [0.3, 0.4) is 0 Å². The summed E-state index contributed by atoms with van der Waals surface area (Å²) in [5.74, 6) is 0. The van der Waals surface area contributed by atoms with Crippen molar-refractivity contribution in [2.75, 3.05) is 19.6 Å². The van der Waals surface area contributed by atoms with E-state index >= 15 is 0 Å². The molecule has 2 rings (SSSR count). The van der Waals surface area contributed by atoms with Gasteiger partial charge >= 0.3 is 0 Å². The zero-order chi connectivity index (χ0) is 9.10. The smallest absolute Gasteiger partial charge is 0.0285 e. The maximum atomic E-state index is 3.66. The Balaban J connectivity index is 1.74. The number of nitrogens with zero attached hydrogens (tertiary/aromatic N) is 1. The molecule has 0 N–H and O–H groups in total. The Labute approximate surface area is 91.9 Å². The Morgan fingerprint density at radius 3 is 3.15 bits per heavy atom. The molecular weight excluding hydrogens is 246 g/mol. The zero-order valence-corrected chi connectivity index (χ0v) is 9.98. The van der Waals surface area contributed by atoms with E-state index in [1.807, 2.05) is 11.3 Å². The fraction of sp³-hybridized carbons (Fsp3) is 0.600. The summed E-state index contributed by atoms with van der Waals surface area (Å²) >= 11 is 5.53. The van der Waals surface area contributed by atoms with Crippen LogP contribution in [0.1, 0.15) is 11.3 Å². The minimum absolute atomic E-state index is 0.732. The molecule has 0 aliphatic carbocycles. The molecule has 13 heavy (non-hydrogen) atoms. The van der Waals surface area contributed by atoms with E-state index in [9.17, 15) is 0 Å². The second kappa shape index (κ2) is 4.58. The quantitative estimate of drug-likeness (QED) is 0.755. The third kappa shape index (κ3) is 2.79. The van der Waals surface area contributed by atoms with Crippen LogP contribution in [0.15, 0.2) is 17.5 Å². The Morgan fingerprint density at radius 1 is 1.62 bits per heavy atom. The molecule has 1 aliphatic heterocycles. The molecule has 1 aliphatic rings. The summed E-state index contributed by atoms with van der Waals surface area (Å²) in [5, 5.41) is 2.16. The van der Waals surface area contributed by atoms with E-state index < -0.39 is 0 Å². The van der Waals surface area contributed by atoms with Crippen molar-refractivity contribution in [1.82, 2.24) is 4.90 Å². The van der Waals surface area contributed by atoms with Gasteiger partial charge in [0.2, 0.25) is 0 Å². The third-order valence-corrected chi connectivity index (χ3v) is 4.15. The normalized spacial score (nSPS) is 23.9. The first-order valence-corrected chi connectivity index (χ1v) is 6.53. The highest BCUT2D eigenvalue weighted by atomic mass is 79.9. The summed E-state index contributed by atoms with van der Waals surface area (Å²) in [5.41, 5.74) is 0. The van der Waals surface area contributed by atoms with Crippen molar-refractivity contribution >= 4 is 27.3 Å². The van der Waals surface area contributed by atoms with Crippen LogP contribution in [0.5, 0.6) is 0 Å². The van der Waals surface area contributed by atoms with Crippen molar-refractivity contribution in [1.29, 1.82) is 0 Å². The van der Waals surface area contributed by atoms with Gasteiger partial charge in [0.15, 0.2) is 0 Å². The van der Waals surface area contributed by atoms with Gasteiger partial charge in [0.05, 0.1) is 0 Å². The monoisotopic (exact) mass is 259 g/mol. The molecule has 0 spiro atoms. The van der Waals surface area contributed by atoms with Gasteiger partial charge in [-0.05, 0) is 30.8 Å². The average Bonchev–Trinajstić information content (AvgIpc) is 2.71. The van der Waals surface area contributed by atoms with E-state index in [4.69, 9.17) is 0 Å². The number of hydrogen-bond donors (Lipinski definition) is 0. The van der Waals surface area contributed by atoms with Crippen molar-refractivity contribution in [3.8, 4) is 0 Å². The van der Waals surface area contributed by atoms with Gasteiger partial charge in [-0.2, -0.15) is 0 Å². The fourth-order valence-corrected chi connectivity index (χ4v) is 3.02. The Morgan fingerprint density at radius 2 is 2.54 bits per heavy atom. The minimum atomic E-state index is 0.732.